The molecule has 6 heteroatoms. The predicted octanol–water partition coefficient (Wildman–Crippen LogP) is 1.15. The van der Waals surface area contributed by atoms with E-state index < -0.39 is 11.7 Å². The van der Waals surface area contributed by atoms with Gasteiger partial charge < -0.3 is 14.8 Å². The van der Waals surface area contributed by atoms with E-state index in [0.29, 0.717) is 6.54 Å². The van der Waals surface area contributed by atoms with Crippen molar-refractivity contribution in [2.75, 3.05) is 20.7 Å². The Morgan fingerprint density at radius 2 is 1.95 bits per heavy atom. The number of ether oxygens (including phenoxy) is 2. The molecular weight excluding hydrogens is 248 g/mol. The molecule has 0 bridgehead atoms. The van der Waals surface area contributed by atoms with Gasteiger partial charge in [0, 0.05) is 12.6 Å². The number of carbonyl (C=O) groups is 2. The zero-order valence-corrected chi connectivity index (χ0v) is 12.4. The van der Waals surface area contributed by atoms with E-state index in [1.165, 1.54) is 7.11 Å². The van der Waals surface area contributed by atoms with E-state index in [2.05, 4.69) is 5.32 Å². The first-order valence-electron chi connectivity index (χ1n) is 6.51. The number of likely N-dealkylation sites (tertiary alicyclic amines) is 1. The van der Waals surface area contributed by atoms with Crippen LogP contribution in [0.25, 0.3) is 0 Å². The number of nitrogens with one attached hydrogen (secondary N) is 1. The van der Waals surface area contributed by atoms with E-state index in [1.54, 1.807) is 0 Å². The molecule has 0 aromatic heterocycles. The third-order valence-corrected chi connectivity index (χ3v) is 3.20. The lowest BCUT2D eigenvalue weighted by molar-refractivity contribution is -0.145. The molecule has 6 nitrogen and oxygen atoms in total. The number of nitrogens with zero attached hydrogens (tertiary/aromatic N) is 1. The number of hydrogen-bond donors (Lipinski definition) is 1. The molecule has 1 heterocycles. The third-order valence-electron chi connectivity index (χ3n) is 3.20. The number of amides is 1. The summed E-state index contributed by atoms with van der Waals surface area (Å²) in [5.74, 6) is -0.220. The highest BCUT2D eigenvalue weighted by Crippen LogP contribution is 2.22. The van der Waals surface area contributed by atoms with Gasteiger partial charge in [-0.15, -0.1) is 0 Å². The maximum absolute atomic E-state index is 11.6. The number of likely N-dealkylation sites (N-methyl/N-ethyl adjacent to an activating group) is 1. The van der Waals surface area contributed by atoms with Crippen molar-refractivity contribution in [3.05, 3.63) is 0 Å². The van der Waals surface area contributed by atoms with Gasteiger partial charge in [0.1, 0.15) is 11.6 Å². The summed E-state index contributed by atoms with van der Waals surface area (Å²) in [6.45, 7) is 5.93. The molecule has 1 N–H and O–H groups in total. The number of hydrogen-bond acceptors (Lipinski definition) is 5. The summed E-state index contributed by atoms with van der Waals surface area (Å²) in [4.78, 5) is 25.0. The zero-order chi connectivity index (χ0) is 14.6. The first kappa shape index (κ1) is 15.8. The van der Waals surface area contributed by atoms with Gasteiger partial charge in [-0.3, -0.25) is 9.69 Å². The molecule has 1 aliphatic heterocycles. The fourth-order valence-electron chi connectivity index (χ4n) is 2.19. The molecule has 0 spiro atoms. The summed E-state index contributed by atoms with van der Waals surface area (Å²) in [5.41, 5.74) is -0.500. The van der Waals surface area contributed by atoms with Crippen molar-refractivity contribution in [2.45, 2.75) is 51.3 Å². The second-order valence-electron chi connectivity index (χ2n) is 5.82. The van der Waals surface area contributed by atoms with Crippen LogP contribution in [0.15, 0.2) is 0 Å². The first-order valence-corrected chi connectivity index (χ1v) is 6.51. The van der Waals surface area contributed by atoms with Crippen LogP contribution in [0, 0.1) is 0 Å². The van der Waals surface area contributed by atoms with Crippen molar-refractivity contribution in [1.82, 2.24) is 10.2 Å². The molecule has 0 aromatic rings. The molecular formula is C13H24N2O4. The fourth-order valence-corrected chi connectivity index (χ4v) is 2.19. The summed E-state index contributed by atoms with van der Waals surface area (Å²) in [6, 6.07) is -0.0768. The average Bonchev–Trinajstić information content (AvgIpc) is 2.65. The van der Waals surface area contributed by atoms with Crippen molar-refractivity contribution in [1.29, 1.82) is 0 Å². The Bertz CT molecular complexity index is 338. The normalized spacial score (nSPS) is 24.1. The van der Waals surface area contributed by atoms with Gasteiger partial charge >= 0.3 is 12.1 Å². The van der Waals surface area contributed by atoms with Crippen molar-refractivity contribution in [2.24, 2.45) is 0 Å². The SMILES string of the molecule is COC(=O)C1CCC(CNC(=O)OC(C)(C)C)N1C. The highest BCUT2D eigenvalue weighted by atomic mass is 16.6. The maximum Gasteiger partial charge on any atom is 0.407 e. The van der Waals surface area contributed by atoms with Crippen molar-refractivity contribution in [3.8, 4) is 0 Å². The summed E-state index contributed by atoms with van der Waals surface area (Å²) in [5, 5.41) is 2.73. The lowest BCUT2D eigenvalue weighted by Crippen LogP contribution is -2.44. The maximum atomic E-state index is 11.6. The summed E-state index contributed by atoms with van der Waals surface area (Å²) >= 11 is 0. The summed E-state index contributed by atoms with van der Waals surface area (Å²) < 4.78 is 9.92. The molecule has 2 unspecified atom stereocenters. The van der Waals surface area contributed by atoms with Gasteiger partial charge in [0.25, 0.3) is 0 Å². The molecule has 0 radical (unpaired) electrons. The minimum atomic E-state index is -0.500. The number of carbonyl (C=O) groups excluding carboxylic acids is 2. The first-order chi connectivity index (χ1) is 8.74. The Labute approximate surface area is 114 Å². The van der Waals surface area contributed by atoms with Crippen molar-refractivity contribution >= 4 is 12.1 Å². The standard InChI is InChI=1S/C13H24N2O4/c1-13(2,3)19-12(17)14-8-9-6-7-10(15(9)4)11(16)18-5/h9-10H,6-8H2,1-5H3,(H,14,17). The van der Waals surface area contributed by atoms with Crippen molar-refractivity contribution in [3.63, 3.8) is 0 Å². The number of methoxy groups -OCH3 is 1. The summed E-state index contributed by atoms with van der Waals surface area (Å²) in [7, 11) is 3.26. The zero-order valence-electron chi connectivity index (χ0n) is 12.4. The molecule has 1 aliphatic rings. The molecule has 1 amide bonds. The van der Waals surface area contributed by atoms with Gasteiger partial charge in [-0.2, -0.15) is 0 Å². The van der Waals surface area contributed by atoms with E-state index >= 15 is 0 Å². The molecule has 0 aromatic carbocycles. The topological polar surface area (TPSA) is 67.9 Å². The van der Waals surface area contributed by atoms with Crippen LogP contribution in [0.5, 0.6) is 0 Å². The van der Waals surface area contributed by atoms with E-state index in [-0.39, 0.29) is 18.1 Å². The Balaban J connectivity index is 2.39. The van der Waals surface area contributed by atoms with Crippen LogP contribution in [0.2, 0.25) is 0 Å². The van der Waals surface area contributed by atoms with E-state index in [9.17, 15) is 9.59 Å². The lowest BCUT2D eigenvalue weighted by Gasteiger charge is -2.25. The van der Waals surface area contributed by atoms with E-state index in [4.69, 9.17) is 9.47 Å². The van der Waals surface area contributed by atoms with Crippen LogP contribution in [0.3, 0.4) is 0 Å². The van der Waals surface area contributed by atoms with Crippen LogP contribution in [0.1, 0.15) is 33.6 Å². The number of esters is 1. The Kier molecular flexibility index (Phi) is 5.17. The van der Waals surface area contributed by atoms with Gasteiger partial charge in [0.2, 0.25) is 0 Å². The van der Waals surface area contributed by atoms with Gasteiger partial charge in [0.15, 0.2) is 0 Å². The molecule has 0 saturated carbocycles. The van der Waals surface area contributed by atoms with Crippen LogP contribution in [-0.4, -0.2) is 55.3 Å². The Morgan fingerprint density at radius 3 is 2.47 bits per heavy atom. The van der Waals surface area contributed by atoms with Gasteiger partial charge in [-0.05, 0) is 40.7 Å². The number of alkyl carbamates (subject to hydrolysis) is 1. The van der Waals surface area contributed by atoms with Crippen LogP contribution < -0.4 is 5.32 Å². The fraction of sp³-hybridized carbons (Fsp3) is 0.846. The van der Waals surface area contributed by atoms with Gasteiger partial charge in [-0.25, -0.2) is 4.79 Å². The van der Waals surface area contributed by atoms with Gasteiger partial charge in [0.05, 0.1) is 7.11 Å². The van der Waals surface area contributed by atoms with Crippen LogP contribution in [-0.2, 0) is 14.3 Å². The Morgan fingerprint density at radius 1 is 1.32 bits per heavy atom. The molecule has 1 saturated heterocycles. The molecule has 1 rings (SSSR count). The quantitative estimate of drug-likeness (QED) is 0.781. The highest BCUT2D eigenvalue weighted by molar-refractivity contribution is 5.76. The second kappa shape index (κ2) is 6.23. The second-order valence-corrected chi connectivity index (χ2v) is 5.82. The van der Waals surface area contributed by atoms with E-state index in [1.807, 2.05) is 32.7 Å². The molecule has 1 fully saturated rings. The average molecular weight is 272 g/mol. The third kappa shape index (κ3) is 4.70. The van der Waals surface area contributed by atoms with Gasteiger partial charge in [-0.1, -0.05) is 0 Å². The van der Waals surface area contributed by atoms with Crippen LogP contribution in [0.4, 0.5) is 4.79 Å². The van der Waals surface area contributed by atoms with Crippen molar-refractivity contribution < 1.29 is 19.1 Å². The molecule has 19 heavy (non-hydrogen) atoms. The summed E-state index contributed by atoms with van der Waals surface area (Å²) in [6.07, 6.45) is 1.18. The minimum absolute atomic E-state index is 0.136. The highest BCUT2D eigenvalue weighted by Gasteiger charge is 2.36. The lowest BCUT2D eigenvalue weighted by atomic mass is 10.2. The molecule has 2 atom stereocenters. The Hall–Kier alpha value is -1.30. The van der Waals surface area contributed by atoms with Crippen LogP contribution >= 0.6 is 0 Å². The predicted molar refractivity (Wildman–Crippen MR) is 70.8 cm³/mol. The molecule has 0 aliphatic carbocycles. The monoisotopic (exact) mass is 272 g/mol. The number of rotatable bonds is 3. The minimum Gasteiger partial charge on any atom is -0.468 e. The smallest absolute Gasteiger partial charge is 0.407 e. The largest absolute Gasteiger partial charge is 0.468 e. The van der Waals surface area contributed by atoms with E-state index in [0.717, 1.165) is 12.8 Å². The molecule has 110 valence electrons.